The SMILES string of the molecule is N#Cc1ccccc1NC(=O)CCc1ccc(Cl)c(Cl)c1. The minimum Gasteiger partial charge on any atom is -0.325 e. The van der Waals surface area contributed by atoms with Crippen molar-refractivity contribution in [2.24, 2.45) is 0 Å². The number of carbonyl (C=O) groups is 1. The summed E-state index contributed by atoms with van der Waals surface area (Å²) in [4.78, 5) is 11.9. The van der Waals surface area contributed by atoms with Crippen LogP contribution in [0.1, 0.15) is 17.5 Å². The molecule has 0 unspecified atom stereocenters. The third-order valence-electron chi connectivity index (χ3n) is 2.95. The number of anilines is 1. The second kappa shape index (κ2) is 7.12. The zero-order chi connectivity index (χ0) is 15.2. The first kappa shape index (κ1) is 15.4. The number of carbonyl (C=O) groups excluding carboxylic acids is 1. The van der Waals surface area contributed by atoms with Gasteiger partial charge in [-0.2, -0.15) is 5.26 Å². The van der Waals surface area contributed by atoms with Crippen molar-refractivity contribution in [2.45, 2.75) is 12.8 Å². The molecular formula is C16H12Cl2N2O. The molecule has 0 spiro atoms. The highest BCUT2D eigenvalue weighted by Gasteiger charge is 2.07. The van der Waals surface area contributed by atoms with Gasteiger partial charge < -0.3 is 5.32 Å². The number of nitrogens with one attached hydrogen (secondary N) is 1. The van der Waals surface area contributed by atoms with Crippen molar-refractivity contribution < 1.29 is 4.79 Å². The Morgan fingerprint density at radius 3 is 2.62 bits per heavy atom. The molecule has 0 atom stereocenters. The van der Waals surface area contributed by atoms with Crippen LogP contribution < -0.4 is 5.32 Å². The molecule has 0 aliphatic heterocycles. The van der Waals surface area contributed by atoms with E-state index in [9.17, 15) is 4.79 Å². The predicted molar refractivity (Wildman–Crippen MR) is 84.6 cm³/mol. The van der Waals surface area contributed by atoms with Crippen LogP contribution in [0.4, 0.5) is 5.69 Å². The lowest BCUT2D eigenvalue weighted by Gasteiger charge is -2.07. The molecule has 0 fully saturated rings. The highest BCUT2D eigenvalue weighted by atomic mass is 35.5. The van der Waals surface area contributed by atoms with Gasteiger partial charge in [-0.1, -0.05) is 41.4 Å². The molecule has 1 N–H and O–H groups in total. The number of benzene rings is 2. The first-order chi connectivity index (χ1) is 10.1. The summed E-state index contributed by atoms with van der Waals surface area (Å²) in [7, 11) is 0. The third kappa shape index (κ3) is 4.22. The zero-order valence-corrected chi connectivity index (χ0v) is 12.6. The quantitative estimate of drug-likeness (QED) is 0.906. The van der Waals surface area contributed by atoms with Gasteiger partial charge in [0.25, 0.3) is 0 Å². The number of aryl methyl sites for hydroxylation is 1. The predicted octanol–water partition coefficient (Wildman–Crippen LogP) is 4.44. The Labute approximate surface area is 133 Å². The van der Waals surface area contributed by atoms with Gasteiger partial charge in [-0.3, -0.25) is 4.79 Å². The van der Waals surface area contributed by atoms with E-state index in [-0.39, 0.29) is 5.91 Å². The molecule has 0 aliphatic rings. The van der Waals surface area contributed by atoms with Crippen molar-refractivity contribution in [2.75, 3.05) is 5.32 Å². The van der Waals surface area contributed by atoms with E-state index in [0.717, 1.165) is 5.56 Å². The van der Waals surface area contributed by atoms with Gasteiger partial charge in [-0.15, -0.1) is 0 Å². The second-order valence-electron chi connectivity index (χ2n) is 4.45. The largest absolute Gasteiger partial charge is 0.325 e. The van der Waals surface area contributed by atoms with E-state index in [2.05, 4.69) is 5.32 Å². The first-order valence-corrected chi connectivity index (χ1v) is 7.08. The summed E-state index contributed by atoms with van der Waals surface area (Å²) in [5, 5.41) is 12.7. The Morgan fingerprint density at radius 2 is 1.90 bits per heavy atom. The molecule has 3 nitrogen and oxygen atoms in total. The molecular weight excluding hydrogens is 307 g/mol. The Kier molecular flexibility index (Phi) is 5.21. The van der Waals surface area contributed by atoms with Crippen molar-refractivity contribution in [3.63, 3.8) is 0 Å². The lowest BCUT2D eigenvalue weighted by atomic mass is 10.1. The lowest BCUT2D eigenvalue weighted by molar-refractivity contribution is -0.116. The molecule has 0 saturated carbocycles. The molecule has 21 heavy (non-hydrogen) atoms. The van der Waals surface area contributed by atoms with E-state index in [0.29, 0.717) is 34.1 Å². The monoisotopic (exact) mass is 318 g/mol. The van der Waals surface area contributed by atoms with Gasteiger partial charge >= 0.3 is 0 Å². The second-order valence-corrected chi connectivity index (χ2v) is 5.27. The maximum atomic E-state index is 11.9. The van der Waals surface area contributed by atoms with Crippen LogP contribution in [0, 0.1) is 11.3 Å². The van der Waals surface area contributed by atoms with Gasteiger partial charge in [-0.25, -0.2) is 0 Å². The van der Waals surface area contributed by atoms with E-state index in [1.807, 2.05) is 12.1 Å². The Hall–Kier alpha value is -2.02. The van der Waals surface area contributed by atoms with Crippen molar-refractivity contribution in [1.29, 1.82) is 5.26 Å². The summed E-state index contributed by atoms with van der Waals surface area (Å²) < 4.78 is 0. The zero-order valence-electron chi connectivity index (χ0n) is 11.1. The Morgan fingerprint density at radius 1 is 1.14 bits per heavy atom. The van der Waals surface area contributed by atoms with Crippen LogP contribution in [0.5, 0.6) is 0 Å². The van der Waals surface area contributed by atoms with Crippen LogP contribution in [-0.2, 0) is 11.2 Å². The van der Waals surface area contributed by atoms with Crippen molar-refractivity contribution >= 4 is 34.8 Å². The number of hydrogen-bond donors (Lipinski definition) is 1. The summed E-state index contributed by atoms with van der Waals surface area (Å²) in [6, 6.07) is 14.2. The number of amides is 1. The van der Waals surface area contributed by atoms with E-state index in [1.165, 1.54) is 0 Å². The van der Waals surface area contributed by atoms with Gasteiger partial charge in [0, 0.05) is 6.42 Å². The Balaban J connectivity index is 1.96. The van der Waals surface area contributed by atoms with E-state index < -0.39 is 0 Å². The number of hydrogen-bond acceptors (Lipinski definition) is 2. The topological polar surface area (TPSA) is 52.9 Å². The van der Waals surface area contributed by atoms with Crippen LogP contribution in [0.25, 0.3) is 0 Å². The van der Waals surface area contributed by atoms with E-state index in [1.54, 1.807) is 36.4 Å². The molecule has 0 radical (unpaired) electrons. The molecule has 0 saturated heterocycles. The molecule has 2 aromatic carbocycles. The van der Waals surface area contributed by atoms with Crippen molar-refractivity contribution in [1.82, 2.24) is 0 Å². The summed E-state index contributed by atoms with van der Waals surface area (Å²) >= 11 is 11.8. The normalized spacial score (nSPS) is 9.95. The van der Waals surface area contributed by atoms with Crippen LogP contribution in [0.15, 0.2) is 42.5 Å². The summed E-state index contributed by atoms with van der Waals surface area (Å²) in [5.41, 5.74) is 1.91. The van der Waals surface area contributed by atoms with Crippen molar-refractivity contribution in [3.05, 3.63) is 63.6 Å². The molecule has 0 aliphatic carbocycles. The number of halogens is 2. The number of nitrogens with zero attached hydrogens (tertiary/aromatic N) is 1. The van der Waals surface area contributed by atoms with Crippen LogP contribution in [0.3, 0.4) is 0 Å². The summed E-state index contributed by atoms with van der Waals surface area (Å²) in [6.45, 7) is 0. The van der Waals surface area contributed by atoms with Crippen LogP contribution in [0.2, 0.25) is 10.0 Å². The molecule has 1 amide bonds. The van der Waals surface area contributed by atoms with Gasteiger partial charge in [-0.05, 0) is 36.2 Å². The average molecular weight is 319 g/mol. The number of para-hydroxylation sites is 1. The molecule has 2 aromatic rings. The highest BCUT2D eigenvalue weighted by Crippen LogP contribution is 2.23. The number of rotatable bonds is 4. The molecule has 5 heteroatoms. The minimum absolute atomic E-state index is 0.149. The third-order valence-corrected chi connectivity index (χ3v) is 3.69. The fraction of sp³-hybridized carbons (Fsp3) is 0.125. The highest BCUT2D eigenvalue weighted by molar-refractivity contribution is 6.42. The maximum absolute atomic E-state index is 11.9. The first-order valence-electron chi connectivity index (χ1n) is 6.33. The van der Waals surface area contributed by atoms with Crippen molar-refractivity contribution in [3.8, 4) is 6.07 Å². The van der Waals surface area contributed by atoms with Crippen LogP contribution in [-0.4, -0.2) is 5.91 Å². The van der Waals surface area contributed by atoms with E-state index >= 15 is 0 Å². The maximum Gasteiger partial charge on any atom is 0.224 e. The molecule has 0 heterocycles. The molecule has 2 rings (SSSR count). The van der Waals surface area contributed by atoms with Crippen LogP contribution >= 0.6 is 23.2 Å². The smallest absolute Gasteiger partial charge is 0.224 e. The van der Waals surface area contributed by atoms with Gasteiger partial charge in [0.15, 0.2) is 0 Å². The summed E-state index contributed by atoms with van der Waals surface area (Å²) in [6.07, 6.45) is 0.856. The fourth-order valence-electron chi connectivity index (χ4n) is 1.86. The molecule has 0 aromatic heterocycles. The van der Waals surface area contributed by atoms with Gasteiger partial charge in [0.1, 0.15) is 6.07 Å². The number of nitriles is 1. The minimum atomic E-state index is -0.149. The lowest BCUT2D eigenvalue weighted by Crippen LogP contribution is -2.13. The molecule has 0 bridgehead atoms. The van der Waals surface area contributed by atoms with Gasteiger partial charge in [0.2, 0.25) is 5.91 Å². The van der Waals surface area contributed by atoms with E-state index in [4.69, 9.17) is 28.5 Å². The van der Waals surface area contributed by atoms with Gasteiger partial charge in [0.05, 0.1) is 21.3 Å². The average Bonchev–Trinajstić information content (AvgIpc) is 2.49. The molecule has 106 valence electrons. The Bertz CT molecular complexity index is 708. The summed E-state index contributed by atoms with van der Waals surface area (Å²) in [5.74, 6) is -0.149. The standard InChI is InChI=1S/C16H12Cl2N2O/c17-13-7-5-11(9-14(13)18)6-8-16(21)20-15-4-2-1-3-12(15)10-19/h1-5,7,9H,6,8H2,(H,20,21). The fourth-order valence-corrected chi connectivity index (χ4v) is 2.18.